The highest BCUT2D eigenvalue weighted by Gasteiger charge is 2.45. The van der Waals surface area contributed by atoms with Crippen LogP contribution in [-0.2, 0) is 0 Å². The summed E-state index contributed by atoms with van der Waals surface area (Å²) in [5.74, 6) is 1.22. The first-order chi connectivity index (χ1) is 18.7. The number of ether oxygens (including phenoxy) is 1. The van der Waals surface area contributed by atoms with E-state index in [4.69, 9.17) is 10.00 Å². The Morgan fingerprint density at radius 3 is 1.59 bits per heavy atom. The van der Waals surface area contributed by atoms with Crippen molar-refractivity contribution in [1.29, 1.82) is 5.26 Å². The highest BCUT2D eigenvalue weighted by Crippen LogP contribution is 2.48. The maximum Gasteiger partial charge on any atom is 0.400 e. The lowest BCUT2D eigenvalue weighted by Gasteiger charge is -2.41. The van der Waals surface area contributed by atoms with Crippen LogP contribution in [0, 0.1) is 58.5 Å². The fourth-order valence-electron chi connectivity index (χ4n) is 7.57. The summed E-state index contributed by atoms with van der Waals surface area (Å²) >= 11 is 0. The lowest BCUT2D eigenvalue weighted by atomic mass is 9.65. The Morgan fingerprint density at radius 1 is 0.692 bits per heavy atom. The second kappa shape index (κ2) is 11.9. The summed E-state index contributed by atoms with van der Waals surface area (Å²) in [6.07, 6.45) is 10.1. The van der Waals surface area contributed by atoms with Crippen LogP contribution in [0.3, 0.4) is 0 Å². The Balaban J connectivity index is 1.11. The topological polar surface area (TPSA) is 33.0 Å². The smallest absolute Gasteiger partial charge is 0.400 e. The van der Waals surface area contributed by atoms with E-state index in [-0.39, 0.29) is 11.3 Å². The predicted octanol–water partition coefficient (Wildman–Crippen LogP) is 9.91. The zero-order chi connectivity index (χ0) is 27.6. The standard InChI is InChI=1S/C33H39F4NO/c1-21-2-4-22(5-3-21)23-6-8-24(9-7-23)25-10-14-28(15-11-25)33(36,37)39-29-16-12-26(13-17-29)27-18-31(34)30(20-38)32(35)19-27/h12-13,16-19,21-25,28H,2-11,14-15H2,1H3. The minimum absolute atomic E-state index is 0.0240. The zero-order valence-corrected chi connectivity index (χ0v) is 22.8. The van der Waals surface area contributed by atoms with Crippen molar-refractivity contribution >= 4 is 0 Å². The van der Waals surface area contributed by atoms with Crippen LogP contribution in [0.1, 0.15) is 89.5 Å². The Morgan fingerprint density at radius 2 is 1.13 bits per heavy atom. The average Bonchev–Trinajstić information content (AvgIpc) is 2.94. The number of alkyl halides is 2. The molecule has 3 aliphatic rings. The van der Waals surface area contributed by atoms with Gasteiger partial charge in [0.05, 0.1) is 5.92 Å². The van der Waals surface area contributed by atoms with E-state index in [0.29, 0.717) is 30.2 Å². The van der Waals surface area contributed by atoms with Gasteiger partial charge < -0.3 is 4.74 Å². The number of halogens is 4. The van der Waals surface area contributed by atoms with Crippen molar-refractivity contribution in [2.24, 2.45) is 35.5 Å². The Kier molecular flexibility index (Phi) is 8.55. The Bertz CT molecular complexity index is 1130. The van der Waals surface area contributed by atoms with Crippen LogP contribution >= 0.6 is 0 Å². The van der Waals surface area contributed by atoms with Crippen LogP contribution in [0.2, 0.25) is 0 Å². The van der Waals surface area contributed by atoms with Gasteiger partial charge in [0.25, 0.3) is 0 Å². The van der Waals surface area contributed by atoms with Crippen LogP contribution in [0.5, 0.6) is 5.75 Å². The molecule has 0 N–H and O–H groups in total. The maximum absolute atomic E-state index is 15.1. The Labute approximate surface area is 229 Å². The van der Waals surface area contributed by atoms with E-state index >= 15 is 8.78 Å². The van der Waals surface area contributed by atoms with E-state index < -0.39 is 29.2 Å². The highest BCUT2D eigenvalue weighted by molar-refractivity contribution is 5.65. The van der Waals surface area contributed by atoms with Gasteiger partial charge in [-0.15, -0.1) is 0 Å². The molecule has 0 heterocycles. The first-order valence-corrected chi connectivity index (χ1v) is 14.8. The third-order valence-corrected chi connectivity index (χ3v) is 10.1. The lowest BCUT2D eigenvalue weighted by Crippen LogP contribution is -2.38. The fraction of sp³-hybridized carbons (Fsp3) is 0.606. The van der Waals surface area contributed by atoms with Gasteiger partial charge in [-0.2, -0.15) is 14.0 Å². The number of hydrogen-bond donors (Lipinski definition) is 0. The number of nitriles is 1. The summed E-state index contributed by atoms with van der Waals surface area (Å²) in [4.78, 5) is 0. The van der Waals surface area contributed by atoms with Crippen molar-refractivity contribution in [3.8, 4) is 22.9 Å². The molecule has 5 rings (SSSR count). The SMILES string of the molecule is CC1CCC(C2CCC(C3CCC(C(F)(F)Oc4ccc(-c5cc(F)c(C#N)c(F)c5)cc4)CC3)CC2)CC1. The molecule has 0 unspecified atom stereocenters. The van der Waals surface area contributed by atoms with Gasteiger partial charge in [0.1, 0.15) is 29.0 Å². The van der Waals surface area contributed by atoms with E-state index in [1.807, 2.05) is 0 Å². The molecule has 6 heteroatoms. The molecule has 0 atom stereocenters. The second-order valence-electron chi connectivity index (χ2n) is 12.4. The maximum atomic E-state index is 15.1. The van der Waals surface area contributed by atoms with Gasteiger partial charge in [-0.3, -0.25) is 0 Å². The molecule has 0 radical (unpaired) electrons. The van der Waals surface area contributed by atoms with E-state index in [1.54, 1.807) is 0 Å². The monoisotopic (exact) mass is 541 g/mol. The molecule has 0 aliphatic heterocycles. The van der Waals surface area contributed by atoms with Crippen LogP contribution in [0.4, 0.5) is 17.6 Å². The number of rotatable bonds is 6. The van der Waals surface area contributed by atoms with Crippen LogP contribution in [0.15, 0.2) is 36.4 Å². The largest absolute Gasteiger partial charge is 0.432 e. The molecule has 3 aliphatic carbocycles. The molecule has 2 aromatic rings. The normalized spacial score (nSPS) is 29.9. The van der Waals surface area contributed by atoms with Gasteiger partial charge in [0, 0.05) is 0 Å². The minimum atomic E-state index is -3.27. The molecule has 3 fully saturated rings. The average molecular weight is 542 g/mol. The van der Waals surface area contributed by atoms with Gasteiger partial charge in [-0.1, -0.05) is 31.9 Å². The second-order valence-corrected chi connectivity index (χ2v) is 12.4. The van der Waals surface area contributed by atoms with Crippen LogP contribution in [-0.4, -0.2) is 6.11 Å². The molecule has 0 amide bonds. The molecule has 2 aromatic carbocycles. The first kappa shape index (κ1) is 28.0. The molecular formula is C33H39F4NO. The number of nitrogens with zero attached hydrogens (tertiary/aromatic N) is 1. The summed E-state index contributed by atoms with van der Waals surface area (Å²) < 4.78 is 63.3. The van der Waals surface area contributed by atoms with Crippen LogP contribution in [0.25, 0.3) is 11.1 Å². The molecule has 3 saturated carbocycles. The summed E-state index contributed by atoms with van der Waals surface area (Å²) in [5.41, 5.74) is 0.0270. The van der Waals surface area contributed by atoms with Gasteiger partial charge in [-0.05, 0) is 129 Å². The zero-order valence-electron chi connectivity index (χ0n) is 22.8. The highest BCUT2D eigenvalue weighted by atomic mass is 19.3. The molecular weight excluding hydrogens is 502 g/mol. The fourth-order valence-corrected chi connectivity index (χ4v) is 7.57. The number of benzene rings is 2. The molecule has 210 valence electrons. The summed E-state index contributed by atoms with van der Waals surface area (Å²) in [6, 6.07) is 9.40. The minimum Gasteiger partial charge on any atom is -0.432 e. The van der Waals surface area contributed by atoms with Crippen molar-refractivity contribution in [2.75, 3.05) is 0 Å². The van der Waals surface area contributed by atoms with Gasteiger partial charge >= 0.3 is 6.11 Å². The number of hydrogen-bond acceptors (Lipinski definition) is 2. The molecule has 2 nitrogen and oxygen atoms in total. The quantitative estimate of drug-likeness (QED) is 0.341. The van der Waals surface area contributed by atoms with Gasteiger partial charge in [0.2, 0.25) is 0 Å². The van der Waals surface area contributed by atoms with Crippen molar-refractivity contribution in [3.05, 3.63) is 53.6 Å². The van der Waals surface area contributed by atoms with E-state index in [0.717, 1.165) is 42.7 Å². The lowest BCUT2D eigenvalue weighted by molar-refractivity contribution is -0.224. The third-order valence-electron chi connectivity index (χ3n) is 10.1. The summed E-state index contributed by atoms with van der Waals surface area (Å²) in [6.45, 7) is 2.37. The molecule has 0 spiro atoms. The van der Waals surface area contributed by atoms with Gasteiger partial charge in [-0.25, -0.2) is 8.78 Å². The molecule has 39 heavy (non-hydrogen) atoms. The van der Waals surface area contributed by atoms with Crippen LogP contribution < -0.4 is 4.74 Å². The predicted molar refractivity (Wildman–Crippen MR) is 144 cm³/mol. The van der Waals surface area contributed by atoms with E-state index in [1.165, 1.54) is 81.7 Å². The Hall–Kier alpha value is -2.55. The van der Waals surface area contributed by atoms with E-state index in [2.05, 4.69) is 6.92 Å². The molecule has 0 bridgehead atoms. The van der Waals surface area contributed by atoms with Crippen molar-refractivity contribution in [3.63, 3.8) is 0 Å². The van der Waals surface area contributed by atoms with Gasteiger partial charge in [0.15, 0.2) is 0 Å². The summed E-state index contributed by atoms with van der Waals surface area (Å²) in [5, 5.41) is 8.84. The third kappa shape index (κ3) is 6.44. The first-order valence-electron chi connectivity index (χ1n) is 14.8. The van der Waals surface area contributed by atoms with Crippen molar-refractivity contribution in [2.45, 2.75) is 90.1 Å². The van der Waals surface area contributed by atoms with E-state index in [9.17, 15) is 8.78 Å². The molecule has 0 aromatic heterocycles. The van der Waals surface area contributed by atoms with Crippen molar-refractivity contribution in [1.82, 2.24) is 0 Å². The summed E-state index contributed by atoms with van der Waals surface area (Å²) in [7, 11) is 0. The van der Waals surface area contributed by atoms with Crippen molar-refractivity contribution < 1.29 is 22.3 Å². The molecule has 0 saturated heterocycles.